The van der Waals surface area contributed by atoms with E-state index in [-0.39, 0.29) is 0 Å². The Morgan fingerprint density at radius 3 is 2.26 bits per heavy atom. The molecule has 2 N–H and O–H groups in total. The largest absolute Gasteiger partial charge is 0.506 e. The van der Waals surface area contributed by atoms with Gasteiger partial charge in [-0.1, -0.05) is 54.6 Å². The molecule has 6 rings (SSSR count). The third-order valence-corrected chi connectivity index (χ3v) is 5.41. The first-order chi connectivity index (χ1) is 13.3. The fourth-order valence-electron chi connectivity index (χ4n) is 4.30. The van der Waals surface area contributed by atoms with Gasteiger partial charge in [-0.3, -0.25) is 0 Å². The molecule has 0 atom stereocenters. The zero-order chi connectivity index (χ0) is 18.0. The number of H-pyrrole nitrogens is 1. The molecule has 27 heavy (non-hydrogen) atoms. The Bertz CT molecular complexity index is 1470. The summed E-state index contributed by atoms with van der Waals surface area (Å²) >= 11 is 0. The quantitative estimate of drug-likeness (QED) is 0.369. The maximum Gasteiger partial charge on any atom is 0.141 e. The van der Waals surface area contributed by atoms with E-state index in [1.54, 1.807) is 0 Å². The minimum atomic E-state index is 0.294. The fourth-order valence-corrected chi connectivity index (χ4v) is 4.30. The summed E-state index contributed by atoms with van der Waals surface area (Å²) in [6.07, 6.45) is 0. The van der Waals surface area contributed by atoms with Crippen LogP contribution in [-0.4, -0.2) is 14.7 Å². The lowest BCUT2D eigenvalue weighted by Gasteiger charge is -2.08. The van der Waals surface area contributed by atoms with Crippen LogP contribution in [0.3, 0.4) is 0 Å². The Labute approximate surface area is 155 Å². The molecular formula is C24H16N2O. The zero-order valence-electron chi connectivity index (χ0n) is 14.5. The van der Waals surface area contributed by atoms with E-state index in [1.165, 1.54) is 0 Å². The van der Waals surface area contributed by atoms with Gasteiger partial charge < -0.3 is 14.7 Å². The molecule has 0 aliphatic rings. The molecule has 0 saturated heterocycles. The molecule has 0 bridgehead atoms. The molecule has 128 valence electrons. The van der Waals surface area contributed by atoms with Crippen molar-refractivity contribution in [2.45, 2.75) is 0 Å². The number of aromatic hydroxyl groups is 1. The third-order valence-electron chi connectivity index (χ3n) is 5.41. The van der Waals surface area contributed by atoms with Crippen molar-refractivity contribution in [3.05, 3.63) is 84.9 Å². The Balaban J connectivity index is 1.93. The van der Waals surface area contributed by atoms with E-state index in [4.69, 9.17) is 0 Å². The highest BCUT2D eigenvalue weighted by Crippen LogP contribution is 2.43. The third kappa shape index (κ3) is 1.86. The van der Waals surface area contributed by atoms with E-state index < -0.39 is 0 Å². The molecule has 6 aromatic rings. The van der Waals surface area contributed by atoms with Crippen molar-refractivity contribution in [2.75, 3.05) is 0 Å². The number of para-hydroxylation sites is 3. The number of nitrogens with one attached hydrogen (secondary N) is 1. The van der Waals surface area contributed by atoms with Crippen molar-refractivity contribution in [3.63, 3.8) is 0 Å². The highest BCUT2D eigenvalue weighted by Gasteiger charge is 2.20. The number of fused-ring (bicyclic) bond motifs is 7. The van der Waals surface area contributed by atoms with Gasteiger partial charge in [-0.2, -0.15) is 0 Å². The molecule has 2 aromatic heterocycles. The van der Waals surface area contributed by atoms with E-state index in [0.29, 0.717) is 5.75 Å². The summed E-state index contributed by atoms with van der Waals surface area (Å²) < 4.78 is 2.14. The smallest absolute Gasteiger partial charge is 0.141 e. The molecule has 4 aromatic carbocycles. The Kier molecular flexibility index (Phi) is 2.75. The molecule has 0 aliphatic heterocycles. The van der Waals surface area contributed by atoms with Gasteiger partial charge in [-0.05, 0) is 30.3 Å². The van der Waals surface area contributed by atoms with Gasteiger partial charge in [0.25, 0.3) is 0 Å². The second-order valence-electron chi connectivity index (χ2n) is 6.90. The number of phenols is 1. The average Bonchev–Trinajstić information content (AvgIpc) is 3.25. The molecule has 0 spiro atoms. The number of hydrogen-bond donors (Lipinski definition) is 2. The number of nitrogens with zero attached hydrogens (tertiary/aromatic N) is 1. The lowest BCUT2D eigenvalue weighted by atomic mass is 10.1. The van der Waals surface area contributed by atoms with Gasteiger partial charge in [0, 0.05) is 32.7 Å². The topological polar surface area (TPSA) is 40.9 Å². The molecular weight excluding hydrogens is 332 g/mol. The molecule has 3 nitrogen and oxygen atoms in total. The van der Waals surface area contributed by atoms with Crippen molar-refractivity contribution in [1.82, 2.24) is 9.55 Å². The van der Waals surface area contributed by atoms with Gasteiger partial charge in [0.05, 0.1) is 16.6 Å². The Morgan fingerprint density at radius 2 is 1.41 bits per heavy atom. The van der Waals surface area contributed by atoms with E-state index in [2.05, 4.69) is 52.0 Å². The molecule has 2 heterocycles. The van der Waals surface area contributed by atoms with E-state index in [0.717, 1.165) is 49.3 Å². The van der Waals surface area contributed by atoms with Crippen LogP contribution in [0.15, 0.2) is 84.9 Å². The Morgan fingerprint density at radius 1 is 0.704 bits per heavy atom. The summed E-state index contributed by atoms with van der Waals surface area (Å²) in [6, 6.07) is 28.6. The first kappa shape index (κ1) is 14.4. The van der Waals surface area contributed by atoms with Crippen molar-refractivity contribution in [2.24, 2.45) is 0 Å². The summed E-state index contributed by atoms with van der Waals surface area (Å²) in [4.78, 5) is 3.58. The molecule has 0 unspecified atom stereocenters. The van der Waals surface area contributed by atoms with Crippen LogP contribution in [0.5, 0.6) is 5.75 Å². The van der Waals surface area contributed by atoms with Gasteiger partial charge in [0.2, 0.25) is 0 Å². The summed E-state index contributed by atoms with van der Waals surface area (Å²) in [6.45, 7) is 0. The summed E-state index contributed by atoms with van der Waals surface area (Å²) in [5, 5.41) is 15.4. The van der Waals surface area contributed by atoms with Crippen LogP contribution in [0.2, 0.25) is 0 Å². The van der Waals surface area contributed by atoms with Gasteiger partial charge in [0.15, 0.2) is 0 Å². The van der Waals surface area contributed by atoms with Crippen LogP contribution in [0.1, 0.15) is 0 Å². The molecule has 3 heteroatoms. The number of hydrogen-bond acceptors (Lipinski definition) is 1. The van der Waals surface area contributed by atoms with Crippen LogP contribution in [-0.2, 0) is 0 Å². The van der Waals surface area contributed by atoms with Crippen molar-refractivity contribution >= 4 is 43.6 Å². The monoisotopic (exact) mass is 348 g/mol. The molecule has 0 saturated carbocycles. The van der Waals surface area contributed by atoms with Gasteiger partial charge in [0.1, 0.15) is 5.75 Å². The van der Waals surface area contributed by atoms with Crippen LogP contribution in [0.25, 0.3) is 49.3 Å². The van der Waals surface area contributed by atoms with Crippen LogP contribution in [0.4, 0.5) is 0 Å². The SMILES string of the molecule is Oc1cc2c3ccccc3[nH]c2c2c3ccccc3n(-c3ccccc3)c12. The lowest BCUT2D eigenvalue weighted by Crippen LogP contribution is -1.93. The zero-order valence-corrected chi connectivity index (χ0v) is 14.5. The van der Waals surface area contributed by atoms with Gasteiger partial charge >= 0.3 is 0 Å². The molecule has 0 fully saturated rings. The predicted octanol–water partition coefficient (Wildman–Crippen LogP) is 6.12. The minimum absolute atomic E-state index is 0.294. The summed E-state index contributed by atoms with van der Waals surface area (Å²) in [5.41, 5.74) is 5.10. The predicted molar refractivity (Wildman–Crippen MR) is 112 cm³/mol. The molecule has 0 aliphatic carbocycles. The average molecular weight is 348 g/mol. The van der Waals surface area contributed by atoms with Gasteiger partial charge in [-0.15, -0.1) is 0 Å². The highest BCUT2D eigenvalue weighted by molar-refractivity contribution is 6.26. The maximum absolute atomic E-state index is 11.1. The van der Waals surface area contributed by atoms with E-state index in [9.17, 15) is 5.11 Å². The maximum atomic E-state index is 11.1. The summed E-state index contributed by atoms with van der Waals surface area (Å²) in [7, 11) is 0. The highest BCUT2D eigenvalue weighted by atomic mass is 16.3. The molecule has 0 radical (unpaired) electrons. The van der Waals surface area contributed by atoms with Gasteiger partial charge in [-0.25, -0.2) is 0 Å². The second kappa shape index (κ2) is 5.15. The number of aromatic nitrogens is 2. The van der Waals surface area contributed by atoms with E-state index >= 15 is 0 Å². The summed E-state index contributed by atoms with van der Waals surface area (Å²) in [5.74, 6) is 0.294. The van der Waals surface area contributed by atoms with Crippen molar-refractivity contribution in [1.29, 1.82) is 0 Å². The number of rotatable bonds is 1. The minimum Gasteiger partial charge on any atom is -0.506 e. The fraction of sp³-hybridized carbons (Fsp3) is 0. The van der Waals surface area contributed by atoms with Crippen molar-refractivity contribution < 1.29 is 5.11 Å². The lowest BCUT2D eigenvalue weighted by molar-refractivity contribution is 0.480. The standard InChI is InChI=1S/C24H16N2O/c27-21-14-18-16-10-4-6-12-19(16)25-23(18)22-17-11-5-7-13-20(17)26(24(21)22)15-8-2-1-3-9-15/h1-14,25,27H. The molecule has 0 amide bonds. The first-order valence-electron chi connectivity index (χ1n) is 9.04. The first-order valence-corrected chi connectivity index (χ1v) is 9.04. The number of phenolic OH excluding ortho intramolecular Hbond substituents is 1. The van der Waals surface area contributed by atoms with Crippen LogP contribution < -0.4 is 0 Å². The van der Waals surface area contributed by atoms with Crippen molar-refractivity contribution in [3.8, 4) is 11.4 Å². The van der Waals surface area contributed by atoms with Crippen LogP contribution >= 0.6 is 0 Å². The number of benzene rings is 4. The van der Waals surface area contributed by atoms with Crippen LogP contribution in [0, 0.1) is 0 Å². The second-order valence-corrected chi connectivity index (χ2v) is 6.90. The number of aromatic amines is 1. The van der Waals surface area contributed by atoms with E-state index in [1.807, 2.05) is 42.5 Å². The Hall–Kier alpha value is -3.72. The normalized spacial score (nSPS) is 11.9.